The quantitative estimate of drug-likeness (QED) is 0.896. The first-order valence-corrected chi connectivity index (χ1v) is 6.24. The number of carbonyl (C=O) groups is 1. The molecule has 0 fully saturated rings. The van der Waals surface area contributed by atoms with Crippen LogP contribution in [0.1, 0.15) is 18.3 Å². The molecule has 0 bridgehead atoms. The van der Waals surface area contributed by atoms with Crippen molar-refractivity contribution < 1.29 is 9.53 Å². The monoisotopic (exact) mass is 259 g/mol. The van der Waals surface area contributed by atoms with Gasteiger partial charge in [0, 0.05) is 18.9 Å². The van der Waals surface area contributed by atoms with Crippen molar-refractivity contribution in [2.75, 3.05) is 0 Å². The Kier molecular flexibility index (Phi) is 4.55. The largest absolute Gasteiger partial charge is 0.445 e. The Balaban J connectivity index is 1.76. The van der Waals surface area contributed by atoms with E-state index < -0.39 is 6.09 Å². The van der Waals surface area contributed by atoms with E-state index in [9.17, 15) is 4.79 Å². The minimum absolute atomic E-state index is 0.273. The fourth-order valence-corrected chi connectivity index (χ4v) is 1.72. The Hall–Kier alpha value is -2.30. The van der Waals surface area contributed by atoms with Gasteiger partial charge in [0.15, 0.2) is 0 Å². The van der Waals surface area contributed by atoms with E-state index in [1.54, 1.807) is 6.20 Å². The van der Waals surface area contributed by atoms with E-state index in [0.717, 1.165) is 17.9 Å². The molecule has 1 aromatic heterocycles. The second kappa shape index (κ2) is 6.58. The number of rotatable bonds is 5. The number of hydrogen-bond donors (Lipinski definition) is 1. The first-order valence-electron chi connectivity index (χ1n) is 6.24. The number of aryl methyl sites for hydroxylation is 1. The van der Waals surface area contributed by atoms with Gasteiger partial charge in [-0.3, -0.25) is 0 Å². The van der Waals surface area contributed by atoms with Crippen molar-refractivity contribution in [3.05, 3.63) is 54.1 Å². The summed E-state index contributed by atoms with van der Waals surface area (Å²) in [5.74, 6) is 0.819. The van der Waals surface area contributed by atoms with E-state index in [1.807, 2.05) is 48.0 Å². The summed E-state index contributed by atoms with van der Waals surface area (Å²) in [5, 5.41) is 2.69. The summed E-state index contributed by atoms with van der Waals surface area (Å²) in [5.41, 5.74) is 0.965. The molecule has 19 heavy (non-hydrogen) atoms. The minimum Gasteiger partial charge on any atom is -0.445 e. The number of nitrogens with zero attached hydrogens (tertiary/aromatic N) is 2. The van der Waals surface area contributed by atoms with Crippen LogP contribution in [0.4, 0.5) is 4.79 Å². The molecule has 0 atom stereocenters. The first kappa shape index (κ1) is 13.1. The third-order valence-electron chi connectivity index (χ3n) is 2.75. The number of ether oxygens (including phenoxy) is 1. The predicted octanol–water partition coefficient (Wildman–Crippen LogP) is 2.33. The van der Waals surface area contributed by atoms with Crippen molar-refractivity contribution in [1.82, 2.24) is 14.9 Å². The normalized spacial score (nSPS) is 10.2. The Morgan fingerprint density at radius 2 is 2.16 bits per heavy atom. The summed E-state index contributed by atoms with van der Waals surface area (Å²) in [4.78, 5) is 15.7. The van der Waals surface area contributed by atoms with Crippen LogP contribution in [0.5, 0.6) is 0 Å². The van der Waals surface area contributed by atoms with Crippen molar-refractivity contribution in [2.24, 2.45) is 0 Å². The predicted molar refractivity (Wildman–Crippen MR) is 71.4 cm³/mol. The standard InChI is InChI=1S/C14H17N3O2/c1-2-17-9-8-15-13(17)10-16-14(18)19-11-12-6-4-3-5-7-12/h3-9H,2,10-11H2,1H3,(H,16,18). The second-order valence-corrected chi connectivity index (χ2v) is 4.04. The van der Waals surface area contributed by atoms with Gasteiger partial charge >= 0.3 is 6.09 Å². The molecule has 1 heterocycles. The molecule has 2 aromatic rings. The Morgan fingerprint density at radius 1 is 1.37 bits per heavy atom. The number of carbonyl (C=O) groups excluding carboxylic acids is 1. The molecule has 5 heteroatoms. The highest BCUT2D eigenvalue weighted by Gasteiger charge is 2.05. The zero-order chi connectivity index (χ0) is 13.5. The minimum atomic E-state index is -0.436. The molecule has 0 aliphatic rings. The van der Waals surface area contributed by atoms with E-state index >= 15 is 0 Å². The Labute approximate surface area is 112 Å². The molecular weight excluding hydrogens is 242 g/mol. The Bertz CT molecular complexity index is 522. The maximum atomic E-state index is 11.5. The molecule has 0 unspecified atom stereocenters. The number of amides is 1. The highest BCUT2D eigenvalue weighted by Crippen LogP contribution is 2.01. The maximum Gasteiger partial charge on any atom is 0.407 e. The lowest BCUT2D eigenvalue weighted by Gasteiger charge is -2.08. The van der Waals surface area contributed by atoms with Crippen molar-refractivity contribution in [3.63, 3.8) is 0 Å². The zero-order valence-corrected chi connectivity index (χ0v) is 10.9. The SMILES string of the molecule is CCn1ccnc1CNC(=O)OCc1ccccc1. The van der Waals surface area contributed by atoms with Crippen LogP contribution in [0.2, 0.25) is 0 Å². The molecule has 2 rings (SSSR count). The molecule has 0 radical (unpaired) electrons. The number of nitrogens with one attached hydrogen (secondary N) is 1. The van der Waals surface area contributed by atoms with E-state index in [1.165, 1.54) is 0 Å². The number of alkyl carbamates (subject to hydrolysis) is 1. The average Bonchev–Trinajstić information content (AvgIpc) is 2.91. The van der Waals surface area contributed by atoms with E-state index in [4.69, 9.17) is 4.74 Å². The highest BCUT2D eigenvalue weighted by atomic mass is 16.5. The van der Waals surface area contributed by atoms with E-state index in [2.05, 4.69) is 10.3 Å². The van der Waals surface area contributed by atoms with Crippen molar-refractivity contribution in [2.45, 2.75) is 26.6 Å². The lowest BCUT2D eigenvalue weighted by atomic mass is 10.2. The van der Waals surface area contributed by atoms with Gasteiger partial charge in [0.1, 0.15) is 12.4 Å². The molecular formula is C14H17N3O2. The fraction of sp³-hybridized carbons (Fsp3) is 0.286. The molecule has 100 valence electrons. The summed E-state index contributed by atoms with van der Waals surface area (Å²) in [7, 11) is 0. The third kappa shape index (κ3) is 3.84. The molecule has 0 saturated heterocycles. The van der Waals surface area contributed by atoms with Gasteiger partial charge in [-0.2, -0.15) is 0 Å². The molecule has 0 saturated carbocycles. The Morgan fingerprint density at radius 3 is 2.89 bits per heavy atom. The fourth-order valence-electron chi connectivity index (χ4n) is 1.72. The van der Waals surface area contributed by atoms with E-state index in [-0.39, 0.29) is 6.61 Å². The number of aromatic nitrogens is 2. The van der Waals surface area contributed by atoms with Crippen LogP contribution in [-0.2, 0) is 24.4 Å². The van der Waals surface area contributed by atoms with Crippen LogP contribution in [-0.4, -0.2) is 15.6 Å². The lowest BCUT2D eigenvalue weighted by molar-refractivity contribution is 0.138. The van der Waals surface area contributed by atoms with Crippen LogP contribution >= 0.6 is 0 Å². The molecule has 1 aromatic carbocycles. The van der Waals surface area contributed by atoms with Gasteiger partial charge in [-0.25, -0.2) is 9.78 Å². The number of benzene rings is 1. The third-order valence-corrected chi connectivity index (χ3v) is 2.75. The number of imidazole rings is 1. The second-order valence-electron chi connectivity index (χ2n) is 4.04. The summed E-state index contributed by atoms with van der Waals surface area (Å²) in [6.07, 6.45) is 3.16. The summed E-state index contributed by atoms with van der Waals surface area (Å²) >= 11 is 0. The summed E-state index contributed by atoms with van der Waals surface area (Å²) in [6, 6.07) is 9.57. The summed E-state index contributed by atoms with van der Waals surface area (Å²) < 4.78 is 7.08. The topological polar surface area (TPSA) is 56.2 Å². The van der Waals surface area contributed by atoms with Crippen LogP contribution in [0, 0.1) is 0 Å². The van der Waals surface area contributed by atoms with Crippen LogP contribution in [0.25, 0.3) is 0 Å². The van der Waals surface area contributed by atoms with Gasteiger partial charge in [-0.05, 0) is 12.5 Å². The van der Waals surface area contributed by atoms with Gasteiger partial charge in [-0.15, -0.1) is 0 Å². The molecule has 0 spiro atoms. The molecule has 5 nitrogen and oxygen atoms in total. The van der Waals surface area contributed by atoms with Crippen molar-refractivity contribution >= 4 is 6.09 Å². The molecule has 0 aliphatic carbocycles. The first-order chi connectivity index (χ1) is 9.29. The molecule has 0 aliphatic heterocycles. The maximum absolute atomic E-state index is 11.5. The zero-order valence-electron chi connectivity index (χ0n) is 10.9. The van der Waals surface area contributed by atoms with Crippen LogP contribution < -0.4 is 5.32 Å². The highest BCUT2D eigenvalue weighted by molar-refractivity contribution is 5.67. The van der Waals surface area contributed by atoms with Crippen molar-refractivity contribution in [3.8, 4) is 0 Å². The van der Waals surface area contributed by atoms with Crippen LogP contribution in [0.15, 0.2) is 42.7 Å². The van der Waals surface area contributed by atoms with Gasteiger partial charge in [-0.1, -0.05) is 30.3 Å². The van der Waals surface area contributed by atoms with Gasteiger partial charge < -0.3 is 14.6 Å². The summed E-state index contributed by atoms with van der Waals surface area (Å²) in [6.45, 7) is 3.50. The number of hydrogen-bond acceptors (Lipinski definition) is 3. The lowest BCUT2D eigenvalue weighted by Crippen LogP contribution is -2.25. The smallest absolute Gasteiger partial charge is 0.407 e. The van der Waals surface area contributed by atoms with E-state index in [0.29, 0.717) is 6.54 Å². The van der Waals surface area contributed by atoms with Crippen LogP contribution in [0.3, 0.4) is 0 Å². The van der Waals surface area contributed by atoms with Gasteiger partial charge in [0.2, 0.25) is 0 Å². The van der Waals surface area contributed by atoms with Crippen molar-refractivity contribution in [1.29, 1.82) is 0 Å². The van der Waals surface area contributed by atoms with Gasteiger partial charge in [0.05, 0.1) is 6.54 Å². The molecule has 1 N–H and O–H groups in total. The molecule has 1 amide bonds. The van der Waals surface area contributed by atoms with Gasteiger partial charge in [0.25, 0.3) is 0 Å². The average molecular weight is 259 g/mol.